The van der Waals surface area contributed by atoms with Crippen molar-refractivity contribution in [3.8, 4) is 22.9 Å². The molecule has 0 atom stereocenters. The topological polar surface area (TPSA) is 63.8 Å². The lowest BCUT2D eigenvalue weighted by atomic mass is 10.2. The highest BCUT2D eigenvalue weighted by molar-refractivity contribution is 5.69. The molecule has 0 saturated heterocycles. The van der Waals surface area contributed by atoms with Crippen LogP contribution in [0.5, 0.6) is 0 Å². The number of nitrogens with one attached hydrogen (secondary N) is 1. The van der Waals surface area contributed by atoms with Gasteiger partial charge < -0.3 is 9.73 Å². The van der Waals surface area contributed by atoms with Crippen molar-refractivity contribution in [2.45, 2.75) is 6.54 Å². The van der Waals surface area contributed by atoms with E-state index in [-0.39, 0.29) is 5.82 Å². The summed E-state index contributed by atoms with van der Waals surface area (Å²) in [6, 6.07) is 19.6. The van der Waals surface area contributed by atoms with Gasteiger partial charge in [0.25, 0.3) is 5.89 Å². The Morgan fingerprint density at radius 3 is 2.42 bits per heavy atom. The van der Waals surface area contributed by atoms with Crippen molar-refractivity contribution in [2.75, 3.05) is 5.32 Å². The van der Waals surface area contributed by atoms with Crippen molar-refractivity contribution in [3.05, 3.63) is 84.3 Å². The summed E-state index contributed by atoms with van der Waals surface area (Å²) in [6.07, 6.45) is 1.69. The Hall–Kier alpha value is -3.54. The molecule has 0 saturated carbocycles. The molecule has 0 fully saturated rings. The van der Waals surface area contributed by atoms with E-state index >= 15 is 0 Å². The smallest absolute Gasteiger partial charge is 0.251 e. The molecule has 4 aromatic rings. The van der Waals surface area contributed by atoms with Gasteiger partial charge in [-0.3, -0.25) is 0 Å². The molecule has 6 heteroatoms. The Kier molecular flexibility index (Phi) is 4.38. The molecule has 4 rings (SSSR count). The molecule has 0 spiro atoms. The first kappa shape index (κ1) is 16.0. The number of pyridine rings is 1. The van der Waals surface area contributed by atoms with E-state index < -0.39 is 0 Å². The van der Waals surface area contributed by atoms with Crippen LogP contribution in [0.1, 0.15) is 5.56 Å². The van der Waals surface area contributed by atoms with Crippen LogP contribution < -0.4 is 5.32 Å². The van der Waals surface area contributed by atoms with E-state index in [0.29, 0.717) is 29.7 Å². The van der Waals surface area contributed by atoms with Gasteiger partial charge in [-0.1, -0.05) is 30.3 Å². The third kappa shape index (κ3) is 3.44. The van der Waals surface area contributed by atoms with Crippen LogP contribution in [0.15, 0.2) is 77.3 Å². The highest BCUT2D eigenvalue weighted by Crippen LogP contribution is 2.28. The fraction of sp³-hybridized carbons (Fsp3) is 0.0500. The third-order valence-corrected chi connectivity index (χ3v) is 3.86. The average Bonchev–Trinajstić information content (AvgIpc) is 3.19. The summed E-state index contributed by atoms with van der Waals surface area (Å²) in [5, 5.41) is 11.5. The minimum Gasteiger partial charge on any atom is -0.416 e. The predicted octanol–water partition coefficient (Wildman–Crippen LogP) is 4.55. The van der Waals surface area contributed by atoms with E-state index in [1.807, 2.05) is 42.5 Å². The van der Waals surface area contributed by atoms with Crippen LogP contribution in [0.2, 0.25) is 0 Å². The summed E-state index contributed by atoms with van der Waals surface area (Å²) in [7, 11) is 0. The standard InChI is InChI=1S/C20H15FN4O/c21-16-10-8-14(9-11-16)13-23-18-17(7-4-12-22-18)20-25-24-19(26-20)15-5-2-1-3-6-15/h1-12H,13H2,(H,22,23). The van der Waals surface area contributed by atoms with Crippen LogP contribution in [0.3, 0.4) is 0 Å². The molecular formula is C20H15FN4O. The van der Waals surface area contributed by atoms with Gasteiger partial charge in [-0.2, -0.15) is 0 Å². The van der Waals surface area contributed by atoms with E-state index in [1.54, 1.807) is 18.3 Å². The van der Waals surface area contributed by atoms with Crippen molar-refractivity contribution >= 4 is 5.82 Å². The fourth-order valence-electron chi connectivity index (χ4n) is 2.54. The second-order valence-corrected chi connectivity index (χ2v) is 5.66. The van der Waals surface area contributed by atoms with Gasteiger partial charge >= 0.3 is 0 Å². The normalized spacial score (nSPS) is 10.7. The van der Waals surface area contributed by atoms with Crippen molar-refractivity contribution in [3.63, 3.8) is 0 Å². The SMILES string of the molecule is Fc1ccc(CNc2ncccc2-c2nnc(-c3ccccc3)o2)cc1. The van der Waals surface area contributed by atoms with Crippen LogP contribution in [0, 0.1) is 5.82 Å². The van der Waals surface area contributed by atoms with Crippen molar-refractivity contribution in [1.82, 2.24) is 15.2 Å². The molecule has 0 aliphatic carbocycles. The minimum absolute atomic E-state index is 0.258. The number of aromatic nitrogens is 3. The molecule has 0 radical (unpaired) electrons. The Labute approximate surface area is 149 Å². The number of halogens is 1. The molecule has 2 aromatic carbocycles. The maximum absolute atomic E-state index is 13.0. The largest absolute Gasteiger partial charge is 0.416 e. The Morgan fingerprint density at radius 1 is 0.846 bits per heavy atom. The zero-order chi connectivity index (χ0) is 17.8. The van der Waals surface area contributed by atoms with Gasteiger partial charge in [0.1, 0.15) is 11.6 Å². The summed E-state index contributed by atoms with van der Waals surface area (Å²) < 4.78 is 18.8. The van der Waals surface area contributed by atoms with Crippen LogP contribution >= 0.6 is 0 Å². The molecule has 0 aliphatic heterocycles. The van der Waals surface area contributed by atoms with Gasteiger partial charge in [0.15, 0.2) is 0 Å². The second kappa shape index (κ2) is 7.14. The molecule has 26 heavy (non-hydrogen) atoms. The monoisotopic (exact) mass is 346 g/mol. The van der Waals surface area contributed by atoms with Crippen molar-refractivity contribution in [2.24, 2.45) is 0 Å². The zero-order valence-corrected chi connectivity index (χ0v) is 13.8. The summed E-state index contributed by atoms with van der Waals surface area (Å²) in [6.45, 7) is 0.504. The Morgan fingerprint density at radius 2 is 1.62 bits per heavy atom. The van der Waals surface area contributed by atoms with E-state index in [0.717, 1.165) is 11.1 Å². The molecule has 128 valence electrons. The Bertz CT molecular complexity index is 1000. The second-order valence-electron chi connectivity index (χ2n) is 5.66. The van der Waals surface area contributed by atoms with Crippen molar-refractivity contribution < 1.29 is 8.81 Å². The molecule has 0 unspecified atom stereocenters. The van der Waals surface area contributed by atoms with E-state index in [2.05, 4.69) is 20.5 Å². The van der Waals surface area contributed by atoms with Crippen molar-refractivity contribution in [1.29, 1.82) is 0 Å². The molecule has 2 aromatic heterocycles. The number of benzene rings is 2. The van der Waals surface area contributed by atoms with Gasteiger partial charge in [0.2, 0.25) is 5.89 Å². The maximum atomic E-state index is 13.0. The Balaban J connectivity index is 1.58. The number of hydrogen-bond donors (Lipinski definition) is 1. The lowest BCUT2D eigenvalue weighted by molar-refractivity contribution is 0.584. The zero-order valence-electron chi connectivity index (χ0n) is 13.8. The quantitative estimate of drug-likeness (QED) is 0.574. The highest BCUT2D eigenvalue weighted by Gasteiger charge is 2.14. The molecule has 1 N–H and O–H groups in total. The molecule has 0 aliphatic rings. The number of rotatable bonds is 5. The summed E-state index contributed by atoms with van der Waals surface area (Å²) >= 11 is 0. The van der Waals surface area contributed by atoms with Gasteiger partial charge in [0.05, 0.1) is 5.56 Å². The molecule has 5 nitrogen and oxygen atoms in total. The molecule has 2 heterocycles. The first-order chi connectivity index (χ1) is 12.8. The van der Waals surface area contributed by atoms with Crippen LogP contribution in [-0.4, -0.2) is 15.2 Å². The van der Waals surface area contributed by atoms with E-state index in [9.17, 15) is 4.39 Å². The lowest BCUT2D eigenvalue weighted by Gasteiger charge is -2.08. The molecule has 0 bridgehead atoms. The average molecular weight is 346 g/mol. The molecular weight excluding hydrogens is 331 g/mol. The minimum atomic E-state index is -0.258. The van der Waals surface area contributed by atoms with Gasteiger partial charge in [-0.25, -0.2) is 9.37 Å². The highest BCUT2D eigenvalue weighted by atomic mass is 19.1. The molecule has 0 amide bonds. The van der Waals surface area contributed by atoms with Crippen LogP contribution in [0.25, 0.3) is 22.9 Å². The fourth-order valence-corrected chi connectivity index (χ4v) is 2.54. The first-order valence-corrected chi connectivity index (χ1v) is 8.12. The number of hydrogen-bond acceptors (Lipinski definition) is 5. The van der Waals surface area contributed by atoms with E-state index in [1.165, 1.54) is 12.1 Å². The van der Waals surface area contributed by atoms with E-state index in [4.69, 9.17) is 4.42 Å². The van der Waals surface area contributed by atoms with Gasteiger partial charge in [-0.15, -0.1) is 10.2 Å². The summed E-state index contributed by atoms with van der Waals surface area (Å²) in [4.78, 5) is 4.36. The third-order valence-electron chi connectivity index (χ3n) is 3.86. The van der Waals surface area contributed by atoms with Crippen LogP contribution in [-0.2, 0) is 6.54 Å². The predicted molar refractivity (Wildman–Crippen MR) is 96.7 cm³/mol. The lowest BCUT2D eigenvalue weighted by Crippen LogP contribution is -2.03. The van der Waals surface area contributed by atoms with Gasteiger partial charge in [0, 0.05) is 18.3 Å². The summed E-state index contributed by atoms with van der Waals surface area (Å²) in [5.41, 5.74) is 2.51. The number of nitrogens with zero attached hydrogens (tertiary/aromatic N) is 3. The summed E-state index contributed by atoms with van der Waals surface area (Å²) in [5.74, 6) is 1.21. The van der Waals surface area contributed by atoms with Crippen LogP contribution in [0.4, 0.5) is 10.2 Å². The van der Waals surface area contributed by atoms with Gasteiger partial charge in [-0.05, 0) is 42.0 Å². The maximum Gasteiger partial charge on any atom is 0.251 e. The number of anilines is 1. The first-order valence-electron chi connectivity index (χ1n) is 8.12.